The van der Waals surface area contributed by atoms with Crippen LogP contribution in [0.1, 0.15) is 25.7 Å². The van der Waals surface area contributed by atoms with Gasteiger partial charge in [-0.15, -0.1) is 12.4 Å². The standard InChI is InChI=1S/C14H18BrNO.ClH/c15-11-2-1-3-12(8-11)17-13-9-14(10-13)4-6-16-7-5-14;/h1-3,8,13,16H,4-7,9-10H2;1H. The highest BCUT2D eigenvalue weighted by Crippen LogP contribution is 2.49. The number of rotatable bonds is 2. The van der Waals surface area contributed by atoms with Crippen molar-refractivity contribution in [1.82, 2.24) is 5.32 Å². The summed E-state index contributed by atoms with van der Waals surface area (Å²) >= 11 is 3.47. The molecule has 0 atom stereocenters. The van der Waals surface area contributed by atoms with Crippen LogP contribution in [0, 0.1) is 5.41 Å². The van der Waals surface area contributed by atoms with Crippen LogP contribution in [-0.2, 0) is 0 Å². The van der Waals surface area contributed by atoms with Crippen LogP contribution >= 0.6 is 28.3 Å². The van der Waals surface area contributed by atoms with Gasteiger partial charge in [-0.2, -0.15) is 0 Å². The highest BCUT2D eigenvalue weighted by molar-refractivity contribution is 9.10. The number of piperidine rings is 1. The van der Waals surface area contributed by atoms with Crippen LogP contribution in [0.3, 0.4) is 0 Å². The van der Waals surface area contributed by atoms with Crippen molar-refractivity contribution in [3.05, 3.63) is 28.7 Å². The van der Waals surface area contributed by atoms with Gasteiger partial charge in [-0.3, -0.25) is 0 Å². The van der Waals surface area contributed by atoms with Gasteiger partial charge in [0, 0.05) is 4.47 Å². The monoisotopic (exact) mass is 331 g/mol. The van der Waals surface area contributed by atoms with E-state index in [1.165, 1.54) is 38.8 Å². The summed E-state index contributed by atoms with van der Waals surface area (Å²) in [6, 6.07) is 8.14. The molecule has 1 heterocycles. The van der Waals surface area contributed by atoms with E-state index < -0.39 is 0 Å². The Hall–Kier alpha value is -0.250. The molecule has 2 nitrogen and oxygen atoms in total. The molecule has 1 aromatic carbocycles. The van der Waals surface area contributed by atoms with Gasteiger partial charge in [0.1, 0.15) is 5.75 Å². The van der Waals surface area contributed by atoms with Gasteiger partial charge >= 0.3 is 0 Å². The molecule has 18 heavy (non-hydrogen) atoms. The number of hydrogen-bond acceptors (Lipinski definition) is 2. The van der Waals surface area contributed by atoms with E-state index in [1.54, 1.807) is 0 Å². The second-order valence-corrected chi connectivity index (χ2v) is 6.27. The molecule has 1 saturated heterocycles. The van der Waals surface area contributed by atoms with Crippen LogP contribution in [0.5, 0.6) is 5.75 Å². The minimum Gasteiger partial charge on any atom is -0.490 e. The van der Waals surface area contributed by atoms with Crippen molar-refractivity contribution in [3.8, 4) is 5.75 Å². The molecular formula is C14H19BrClNO. The molecular weight excluding hydrogens is 314 g/mol. The van der Waals surface area contributed by atoms with E-state index in [2.05, 4.69) is 21.2 Å². The first-order valence-electron chi connectivity index (χ1n) is 6.39. The van der Waals surface area contributed by atoms with Gasteiger partial charge in [-0.25, -0.2) is 0 Å². The van der Waals surface area contributed by atoms with Gasteiger partial charge in [0.2, 0.25) is 0 Å². The fourth-order valence-electron chi connectivity index (χ4n) is 3.09. The summed E-state index contributed by atoms with van der Waals surface area (Å²) in [5.41, 5.74) is 0.599. The minimum atomic E-state index is 0. The number of hydrogen-bond donors (Lipinski definition) is 1. The molecule has 1 saturated carbocycles. The fourth-order valence-corrected chi connectivity index (χ4v) is 3.47. The lowest BCUT2D eigenvalue weighted by molar-refractivity contribution is -0.0347. The Morgan fingerprint density at radius 1 is 1.22 bits per heavy atom. The summed E-state index contributed by atoms with van der Waals surface area (Å²) in [6.07, 6.45) is 5.56. The van der Waals surface area contributed by atoms with Crippen molar-refractivity contribution < 1.29 is 4.74 Å². The summed E-state index contributed by atoms with van der Waals surface area (Å²) in [6.45, 7) is 2.37. The van der Waals surface area contributed by atoms with Crippen molar-refractivity contribution >= 4 is 28.3 Å². The Morgan fingerprint density at radius 2 is 1.94 bits per heavy atom. The fraction of sp³-hybridized carbons (Fsp3) is 0.571. The van der Waals surface area contributed by atoms with Gasteiger partial charge in [-0.05, 0) is 62.4 Å². The van der Waals surface area contributed by atoms with Crippen molar-refractivity contribution in [2.45, 2.75) is 31.8 Å². The highest BCUT2D eigenvalue weighted by Gasteiger charge is 2.45. The maximum atomic E-state index is 6.01. The molecule has 0 unspecified atom stereocenters. The summed E-state index contributed by atoms with van der Waals surface area (Å²) in [7, 11) is 0. The Labute approximate surface area is 123 Å². The zero-order chi connectivity index (χ0) is 11.7. The lowest BCUT2D eigenvalue weighted by Crippen LogP contribution is -2.49. The van der Waals surface area contributed by atoms with E-state index >= 15 is 0 Å². The Kier molecular flexibility index (Phi) is 4.57. The van der Waals surface area contributed by atoms with Crippen LogP contribution in [-0.4, -0.2) is 19.2 Å². The summed E-state index contributed by atoms with van der Waals surface area (Å²) < 4.78 is 7.10. The van der Waals surface area contributed by atoms with E-state index in [1.807, 2.05) is 24.3 Å². The highest BCUT2D eigenvalue weighted by atomic mass is 79.9. The lowest BCUT2D eigenvalue weighted by atomic mass is 9.62. The first-order chi connectivity index (χ1) is 8.26. The molecule has 1 aliphatic heterocycles. The average Bonchev–Trinajstić information content (AvgIpc) is 2.28. The first kappa shape index (κ1) is 14.2. The van der Waals surface area contributed by atoms with E-state index in [0.29, 0.717) is 11.5 Å². The molecule has 1 spiro atoms. The normalized spacial score (nSPS) is 22.1. The average molecular weight is 333 g/mol. The predicted molar refractivity (Wildman–Crippen MR) is 79.6 cm³/mol. The van der Waals surface area contributed by atoms with Gasteiger partial charge in [0.15, 0.2) is 0 Å². The molecule has 0 radical (unpaired) electrons. The van der Waals surface area contributed by atoms with E-state index in [4.69, 9.17) is 4.74 Å². The topological polar surface area (TPSA) is 21.3 Å². The second-order valence-electron chi connectivity index (χ2n) is 5.36. The minimum absolute atomic E-state index is 0. The smallest absolute Gasteiger partial charge is 0.120 e. The third kappa shape index (κ3) is 3.01. The van der Waals surface area contributed by atoms with Crippen molar-refractivity contribution in [2.24, 2.45) is 5.41 Å². The number of halogens is 2. The third-order valence-electron chi connectivity index (χ3n) is 4.08. The number of nitrogens with one attached hydrogen (secondary N) is 1. The van der Waals surface area contributed by atoms with Crippen molar-refractivity contribution in [2.75, 3.05) is 13.1 Å². The van der Waals surface area contributed by atoms with Crippen molar-refractivity contribution in [3.63, 3.8) is 0 Å². The molecule has 1 N–H and O–H groups in total. The predicted octanol–water partition coefficient (Wildman–Crippen LogP) is 3.78. The Bertz CT molecular complexity index is 399. The Balaban J connectivity index is 0.00000120. The van der Waals surface area contributed by atoms with Gasteiger partial charge < -0.3 is 10.1 Å². The quantitative estimate of drug-likeness (QED) is 0.890. The molecule has 1 aliphatic carbocycles. The molecule has 1 aromatic rings. The molecule has 0 aromatic heterocycles. The largest absolute Gasteiger partial charge is 0.490 e. The van der Waals surface area contributed by atoms with Crippen LogP contribution in [0.25, 0.3) is 0 Å². The van der Waals surface area contributed by atoms with Gasteiger partial charge in [0.05, 0.1) is 6.10 Å². The van der Waals surface area contributed by atoms with Gasteiger partial charge in [-0.1, -0.05) is 22.0 Å². The molecule has 2 fully saturated rings. The molecule has 0 amide bonds. The molecule has 2 aliphatic rings. The molecule has 4 heteroatoms. The summed E-state index contributed by atoms with van der Waals surface area (Å²) in [4.78, 5) is 0. The van der Waals surface area contributed by atoms with E-state index in [-0.39, 0.29) is 12.4 Å². The van der Waals surface area contributed by atoms with E-state index in [9.17, 15) is 0 Å². The number of ether oxygens (including phenoxy) is 1. The SMILES string of the molecule is Brc1cccc(OC2CC3(CCNCC3)C2)c1.Cl. The maximum absolute atomic E-state index is 6.01. The van der Waals surface area contributed by atoms with Gasteiger partial charge in [0.25, 0.3) is 0 Å². The second kappa shape index (κ2) is 5.81. The van der Waals surface area contributed by atoms with Crippen LogP contribution < -0.4 is 10.1 Å². The first-order valence-corrected chi connectivity index (χ1v) is 7.18. The van der Waals surface area contributed by atoms with Crippen LogP contribution in [0.4, 0.5) is 0 Å². The zero-order valence-corrected chi connectivity index (χ0v) is 12.7. The van der Waals surface area contributed by atoms with Crippen molar-refractivity contribution in [1.29, 1.82) is 0 Å². The van der Waals surface area contributed by atoms with Crippen LogP contribution in [0.15, 0.2) is 28.7 Å². The third-order valence-corrected chi connectivity index (χ3v) is 4.58. The zero-order valence-electron chi connectivity index (χ0n) is 10.3. The molecule has 3 rings (SSSR count). The van der Waals surface area contributed by atoms with Crippen LogP contribution in [0.2, 0.25) is 0 Å². The Morgan fingerprint density at radius 3 is 2.61 bits per heavy atom. The van der Waals surface area contributed by atoms with E-state index in [0.717, 1.165) is 10.2 Å². The molecule has 100 valence electrons. The molecule has 0 bridgehead atoms. The summed E-state index contributed by atoms with van der Waals surface area (Å²) in [5.74, 6) is 0.994. The number of benzene rings is 1. The lowest BCUT2D eigenvalue weighted by Gasteiger charge is -2.49. The summed E-state index contributed by atoms with van der Waals surface area (Å²) in [5, 5.41) is 3.43. The maximum Gasteiger partial charge on any atom is 0.120 e.